The van der Waals surface area contributed by atoms with Crippen molar-refractivity contribution < 1.29 is 13.2 Å². The van der Waals surface area contributed by atoms with Crippen LogP contribution in [-0.2, 0) is 10.0 Å². The van der Waals surface area contributed by atoms with Crippen LogP contribution in [0.4, 0.5) is 0 Å². The molecule has 0 saturated heterocycles. The van der Waals surface area contributed by atoms with Crippen LogP contribution in [0.3, 0.4) is 0 Å². The van der Waals surface area contributed by atoms with E-state index in [4.69, 9.17) is 16.3 Å². The molecule has 9 heteroatoms. The molecule has 0 aliphatic carbocycles. The number of hydrazine groups is 1. The maximum absolute atomic E-state index is 12.4. The Hall–Kier alpha value is -2.13. The number of fused-ring (bicyclic) bond motifs is 1. The molecule has 27 heavy (non-hydrogen) atoms. The molecule has 1 atom stereocenters. The third kappa shape index (κ3) is 3.41. The Balaban J connectivity index is 1.86. The molecule has 0 saturated carbocycles. The third-order valence-electron chi connectivity index (χ3n) is 4.27. The van der Waals surface area contributed by atoms with Gasteiger partial charge in [-0.05, 0) is 41.8 Å². The number of thiophene rings is 1. The minimum atomic E-state index is -3.54. The van der Waals surface area contributed by atoms with Crippen LogP contribution < -0.4 is 10.2 Å². The molecule has 0 amide bonds. The van der Waals surface area contributed by atoms with Gasteiger partial charge in [0.1, 0.15) is 10.9 Å². The topological polar surface area (TPSA) is 71.5 Å². The Bertz CT molecular complexity index is 1140. The highest BCUT2D eigenvalue weighted by atomic mass is 35.5. The second-order valence-electron chi connectivity index (χ2n) is 6.10. The highest BCUT2D eigenvalue weighted by Gasteiger charge is 2.35. The number of methoxy groups -OCH3 is 1. The number of pyridine rings is 1. The minimum absolute atomic E-state index is 0.261. The van der Waals surface area contributed by atoms with Crippen molar-refractivity contribution >= 4 is 49.6 Å². The summed E-state index contributed by atoms with van der Waals surface area (Å²) in [6.45, 7) is 0. The Kier molecular flexibility index (Phi) is 4.59. The highest BCUT2D eigenvalue weighted by molar-refractivity contribution is 7.88. The lowest BCUT2D eigenvalue weighted by atomic mass is 10.1. The summed E-state index contributed by atoms with van der Waals surface area (Å²) in [5.74, 6) is 0.692. The molecule has 1 aliphatic heterocycles. The number of nitrogens with one attached hydrogen (secondary N) is 1. The summed E-state index contributed by atoms with van der Waals surface area (Å²) in [6, 6.07) is 10.6. The Morgan fingerprint density at radius 3 is 2.78 bits per heavy atom. The van der Waals surface area contributed by atoms with Crippen LogP contribution in [0.15, 0.2) is 47.9 Å². The zero-order valence-electron chi connectivity index (χ0n) is 14.5. The number of rotatable bonds is 4. The van der Waals surface area contributed by atoms with Gasteiger partial charge >= 0.3 is 0 Å². The lowest BCUT2D eigenvalue weighted by Gasteiger charge is -2.23. The van der Waals surface area contributed by atoms with E-state index < -0.39 is 16.1 Å². The van der Waals surface area contributed by atoms with Gasteiger partial charge in [-0.1, -0.05) is 17.7 Å². The first-order valence-electron chi connectivity index (χ1n) is 8.03. The van der Waals surface area contributed by atoms with E-state index in [1.807, 2.05) is 41.8 Å². The van der Waals surface area contributed by atoms with Crippen molar-refractivity contribution in [3.63, 3.8) is 0 Å². The maximum Gasteiger partial charge on any atom is 0.228 e. The molecule has 1 aliphatic rings. The first-order valence-corrected chi connectivity index (χ1v) is 11.1. The fourth-order valence-electron chi connectivity index (χ4n) is 3.01. The van der Waals surface area contributed by atoms with Crippen molar-refractivity contribution in [2.75, 3.05) is 13.4 Å². The van der Waals surface area contributed by atoms with Crippen LogP contribution in [0, 0.1) is 0 Å². The molecule has 0 fully saturated rings. The number of sulfonamides is 1. The first-order chi connectivity index (χ1) is 12.9. The number of nitrogens with zero attached hydrogens (tertiary/aromatic N) is 2. The molecule has 4 rings (SSSR count). The number of ether oxygens (including phenoxy) is 1. The number of hydrogen-bond donors (Lipinski definition) is 1. The van der Waals surface area contributed by atoms with Gasteiger partial charge in [0.25, 0.3) is 0 Å². The number of hydrogen-bond acceptors (Lipinski definition) is 6. The van der Waals surface area contributed by atoms with Gasteiger partial charge in [-0.15, -0.1) is 15.8 Å². The van der Waals surface area contributed by atoms with Crippen LogP contribution in [0.5, 0.6) is 5.75 Å². The number of halogens is 1. The van der Waals surface area contributed by atoms with Crippen LogP contribution in [-0.4, -0.2) is 31.2 Å². The zero-order chi connectivity index (χ0) is 19.2. The van der Waals surface area contributed by atoms with Crippen LogP contribution >= 0.6 is 22.9 Å². The van der Waals surface area contributed by atoms with Crippen molar-refractivity contribution in [3.8, 4) is 5.75 Å². The molecular weight excluding hydrogens is 406 g/mol. The van der Waals surface area contributed by atoms with Crippen molar-refractivity contribution in [1.29, 1.82) is 0 Å². The zero-order valence-corrected chi connectivity index (χ0v) is 16.9. The summed E-state index contributed by atoms with van der Waals surface area (Å²) in [5.41, 5.74) is 5.02. The molecule has 6 nitrogen and oxygen atoms in total. The van der Waals surface area contributed by atoms with Crippen molar-refractivity contribution in [2.45, 2.75) is 6.04 Å². The monoisotopic (exact) mass is 421 g/mol. The highest BCUT2D eigenvalue weighted by Crippen LogP contribution is 2.38. The Labute approximate surface area is 166 Å². The molecule has 140 valence electrons. The molecule has 2 aromatic heterocycles. The van der Waals surface area contributed by atoms with Crippen LogP contribution in [0.25, 0.3) is 16.6 Å². The van der Waals surface area contributed by atoms with Crippen molar-refractivity contribution in [3.05, 3.63) is 63.4 Å². The van der Waals surface area contributed by atoms with E-state index >= 15 is 0 Å². The fraction of sp³-hybridized carbons (Fsp3) is 0.167. The maximum atomic E-state index is 12.4. The lowest BCUT2D eigenvalue weighted by Crippen LogP contribution is -2.38. The van der Waals surface area contributed by atoms with E-state index in [-0.39, 0.29) is 5.15 Å². The van der Waals surface area contributed by atoms with Crippen molar-refractivity contribution in [2.24, 2.45) is 0 Å². The summed E-state index contributed by atoms with van der Waals surface area (Å²) in [6.07, 6.45) is 3.01. The quantitative estimate of drug-likeness (QED) is 0.648. The van der Waals surface area contributed by atoms with Gasteiger partial charge in [-0.2, -0.15) is 0 Å². The van der Waals surface area contributed by atoms with Gasteiger partial charge in [-0.25, -0.2) is 13.4 Å². The van der Waals surface area contributed by atoms with Gasteiger partial charge in [0.05, 0.1) is 35.5 Å². The average molecular weight is 422 g/mol. The molecule has 0 radical (unpaired) electrons. The minimum Gasteiger partial charge on any atom is -0.497 e. The van der Waals surface area contributed by atoms with E-state index in [0.29, 0.717) is 16.8 Å². The second kappa shape index (κ2) is 6.79. The van der Waals surface area contributed by atoms with E-state index in [9.17, 15) is 8.42 Å². The van der Waals surface area contributed by atoms with Crippen LogP contribution in [0.1, 0.15) is 16.5 Å². The summed E-state index contributed by atoms with van der Waals surface area (Å²) >= 11 is 7.95. The van der Waals surface area contributed by atoms with Crippen LogP contribution in [0.2, 0.25) is 5.15 Å². The summed E-state index contributed by atoms with van der Waals surface area (Å²) in [7, 11) is -1.95. The summed E-state index contributed by atoms with van der Waals surface area (Å²) in [4.78, 5) is 5.38. The summed E-state index contributed by atoms with van der Waals surface area (Å²) < 4.78 is 31.2. The number of aromatic nitrogens is 1. The number of benzene rings is 1. The van der Waals surface area contributed by atoms with Gasteiger partial charge in [0, 0.05) is 10.9 Å². The lowest BCUT2D eigenvalue weighted by molar-refractivity contribution is 0.351. The molecule has 0 spiro atoms. The molecule has 0 bridgehead atoms. The molecule has 3 heterocycles. The van der Waals surface area contributed by atoms with E-state index in [1.165, 1.54) is 15.8 Å². The molecule has 1 aromatic carbocycles. The van der Waals surface area contributed by atoms with Gasteiger partial charge in [-0.3, -0.25) is 0 Å². The SMILES string of the molecule is COc1ccc2nc(Cl)c([C@@H]3C=C(c4cccs4)NN3S(C)(=O)=O)cc2c1. The Morgan fingerprint density at radius 1 is 1.30 bits per heavy atom. The predicted octanol–water partition coefficient (Wildman–Crippen LogP) is 3.82. The van der Waals surface area contributed by atoms with Gasteiger partial charge in [0.15, 0.2) is 0 Å². The molecular formula is C18H16ClN3O3S2. The second-order valence-corrected chi connectivity index (χ2v) is 9.27. The van der Waals surface area contributed by atoms with Gasteiger partial charge < -0.3 is 10.2 Å². The first kappa shape index (κ1) is 18.2. The van der Waals surface area contributed by atoms with E-state index in [1.54, 1.807) is 13.2 Å². The fourth-order valence-corrected chi connectivity index (χ4v) is 4.82. The molecule has 3 aromatic rings. The smallest absolute Gasteiger partial charge is 0.228 e. The van der Waals surface area contributed by atoms with Crippen molar-refractivity contribution in [1.82, 2.24) is 14.8 Å². The molecule has 0 unspecified atom stereocenters. The average Bonchev–Trinajstić information content (AvgIpc) is 3.29. The third-order valence-corrected chi connectivity index (χ3v) is 6.51. The largest absolute Gasteiger partial charge is 0.497 e. The van der Waals surface area contributed by atoms with E-state index in [0.717, 1.165) is 22.2 Å². The standard InChI is InChI=1S/C18H16ClN3O3S2/c1-25-12-5-6-14-11(8-12)9-13(18(19)20-14)16-10-15(17-4-3-7-26-17)21-22(16)27(2,23)24/h3-10,16,21H,1-2H3/t16-/m0/s1. The molecule has 1 N–H and O–H groups in total. The summed E-state index contributed by atoms with van der Waals surface area (Å²) in [5, 5.41) is 3.02. The normalized spacial score (nSPS) is 17.7. The predicted molar refractivity (Wildman–Crippen MR) is 108 cm³/mol. The van der Waals surface area contributed by atoms with E-state index in [2.05, 4.69) is 10.4 Å². The Morgan fingerprint density at radius 2 is 2.11 bits per heavy atom. The van der Waals surface area contributed by atoms with Gasteiger partial charge in [0.2, 0.25) is 10.0 Å².